The van der Waals surface area contributed by atoms with Crippen molar-refractivity contribution >= 4 is 11.8 Å². The van der Waals surface area contributed by atoms with E-state index in [2.05, 4.69) is 0 Å². The lowest BCUT2D eigenvalue weighted by molar-refractivity contribution is -0.149. The van der Waals surface area contributed by atoms with Gasteiger partial charge in [0.15, 0.2) is 0 Å². The minimum absolute atomic E-state index is 0.0752. The fourth-order valence-corrected chi connectivity index (χ4v) is 1.29. The SMILES string of the molecule is CCC(C(C)=O)C(C)OC(C)=O. The molecule has 2 unspecified atom stereocenters. The molecule has 0 aromatic rings. The van der Waals surface area contributed by atoms with Crippen LogP contribution in [-0.2, 0) is 14.3 Å². The van der Waals surface area contributed by atoms with E-state index in [-0.39, 0.29) is 23.8 Å². The molecular formula is C9H16O3. The van der Waals surface area contributed by atoms with E-state index >= 15 is 0 Å². The van der Waals surface area contributed by atoms with Gasteiger partial charge in [0, 0.05) is 6.92 Å². The molecule has 0 fully saturated rings. The highest BCUT2D eigenvalue weighted by Crippen LogP contribution is 2.13. The van der Waals surface area contributed by atoms with Crippen LogP contribution < -0.4 is 0 Å². The maximum absolute atomic E-state index is 11.0. The third-order valence-corrected chi connectivity index (χ3v) is 1.88. The smallest absolute Gasteiger partial charge is 0.302 e. The number of ether oxygens (including phenoxy) is 1. The van der Waals surface area contributed by atoms with Gasteiger partial charge in [0.25, 0.3) is 0 Å². The molecule has 0 N–H and O–H groups in total. The van der Waals surface area contributed by atoms with E-state index in [1.807, 2.05) is 6.92 Å². The highest BCUT2D eigenvalue weighted by molar-refractivity contribution is 5.79. The van der Waals surface area contributed by atoms with Crippen LogP contribution >= 0.6 is 0 Å². The number of hydrogen-bond donors (Lipinski definition) is 0. The van der Waals surface area contributed by atoms with E-state index in [1.54, 1.807) is 6.92 Å². The topological polar surface area (TPSA) is 43.4 Å². The summed E-state index contributed by atoms with van der Waals surface area (Å²) in [6.07, 6.45) is 0.411. The van der Waals surface area contributed by atoms with Crippen molar-refractivity contribution in [3.05, 3.63) is 0 Å². The summed E-state index contributed by atoms with van der Waals surface area (Å²) in [7, 11) is 0. The number of rotatable bonds is 4. The Balaban J connectivity index is 4.11. The summed E-state index contributed by atoms with van der Waals surface area (Å²) in [5.41, 5.74) is 0. The van der Waals surface area contributed by atoms with Crippen molar-refractivity contribution in [3.63, 3.8) is 0 Å². The predicted octanol–water partition coefficient (Wildman–Crippen LogP) is 1.55. The number of hydrogen-bond acceptors (Lipinski definition) is 3. The third-order valence-electron chi connectivity index (χ3n) is 1.88. The Morgan fingerprint density at radius 3 is 2.08 bits per heavy atom. The number of esters is 1. The fourth-order valence-electron chi connectivity index (χ4n) is 1.29. The Hall–Kier alpha value is -0.860. The van der Waals surface area contributed by atoms with Gasteiger partial charge in [0.2, 0.25) is 0 Å². The molecule has 0 aliphatic heterocycles. The molecule has 0 aromatic carbocycles. The Labute approximate surface area is 73.1 Å². The van der Waals surface area contributed by atoms with Crippen molar-refractivity contribution in [2.24, 2.45) is 5.92 Å². The van der Waals surface area contributed by atoms with Gasteiger partial charge in [-0.25, -0.2) is 0 Å². The highest BCUT2D eigenvalue weighted by atomic mass is 16.5. The van der Waals surface area contributed by atoms with Gasteiger partial charge < -0.3 is 4.74 Å². The summed E-state index contributed by atoms with van der Waals surface area (Å²) in [6.45, 7) is 6.53. The van der Waals surface area contributed by atoms with Crippen LogP contribution in [0.25, 0.3) is 0 Å². The van der Waals surface area contributed by atoms with Crippen LogP contribution in [0.3, 0.4) is 0 Å². The van der Waals surface area contributed by atoms with Crippen molar-refractivity contribution in [2.75, 3.05) is 0 Å². The lowest BCUT2D eigenvalue weighted by atomic mass is 9.96. The molecule has 12 heavy (non-hydrogen) atoms. The first kappa shape index (κ1) is 11.1. The molecule has 3 nitrogen and oxygen atoms in total. The van der Waals surface area contributed by atoms with E-state index in [1.165, 1.54) is 13.8 Å². The minimum atomic E-state index is -0.331. The van der Waals surface area contributed by atoms with Crippen molar-refractivity contribution in [1.29, 1.82) is 0 Å². The lowest BCUT2D eigenvalue weighted by Gasteiger charge is -2.19. The average Bonchev–Trinajstić information content (AvgIpc) is 1.85. The number of carbonyl (C=O) groups is 2. The standard InChI is InChI=1S/C9H16O3/c1-5-9(6(2)10)7(3)12-8(4)11/h7,9H,5H2,1-4H3. The molecule has 0 bridgehead atoms. The van der Waals surface area contributed by atoms with Crippen LogP contribution in [-0.4, -0.2) is 17.9 Å². The highest BCUT2D eigenvalue weighted by Gasteiger charge is 2.21. The number of Topliss-reactive ketones (excluding diaryl/α,β-unsaturated/α-hetero) is 1. The number of carbonyl (C=O) groups excluding carboxylic acids is 2. The minimum Gasteiger partial charge on any atom is -0.462 e. The van der Waals surface area contributed by atoms with Crippen molar-refractivity contribution < 1.29 is 14.3 Å². The summed E-state index contributed by atoms with van der Waals surface area (Å²) in [6, 6.07) is 0. The summed E-state index contributed by atoms with van der Waals surface area (Å²) >= 11 is 0. The average molecular weight is 172 g/mol. The molecular weight excluding hydrogens is 156 g/mol. The zero-order valence-corrected chi connectivity index (χ0v) is 8.09. The summed E-state index contributed by atoms with van der Waals surface area (Å²) in [5, 5.41) is 0. The quantitative estimate of drug-likeness (QED) is 0.604. The Kier molecular flexibility index (Phi) is 4.55. The monoisotopic (exact) mass is 172 g/mol. The lowest BCUT2D eigenvalue weighted by Crippen LogP contribution is -2.27. The molecule has 0 aromatic heterocycles. The van der Waals surface area contributed by atoms with Crippen molar-refractivity contribution in [2.45, 2.75) is 40.2 Å². The Bertz CT molecular complexity index is 175. The summed E-state index contributed by atoms with van der Waals surface area (Å²) in [5.74, 6) is -0.414. The van der Waals surface area contributed by atoms with Crippen LogP contribution in [0.1, 0.15) is 34.1 Å². The first-order chi connectivity index (χ1) is 5.49. The van der Waals surface area contributed by atoms with E-state index in [4.69, 9.17) is 4.74 Å². The normalized spacial score (nSPS) is 15.0. The molecule has 70 valence electrons. The van der Waals surface area contributed by atoms with E-state index in [9.17, 15) is 9.59 Å². The van der Waals surface area contributed by atoms with Crippen LogP contribution in [0, 0.1) is 5.92 Å². The van der Waals surface area contributed by atoms with Crippen molar-refractivity contribution in [3.8, 4) is 0 Å². The third kappa shape index (κ3) is 3.51. The predicted molar refractivity (Wildman–Crippen MR) is 45.7 cm³/mol. The van der Waals surface area contributed by atoms with Gasteiger partial charge in [-0.3, -0.25) is 9.59 Å². The molecule has 0 radical (unpaired) electrons. The molecule has 0 aliphatic carbocycles. The van der Waals surface area contributed by atoms with Crippen molar-refractivity contribution in [1.82, 2.24) is 0 Å². The molecule has 0 saturated heterocycles. The largest absolute Gasteiger partial charge is 0.462 e. The molecule has 0 spiro atoms. The van der Waals surface area contributed by atoms with Crippen LogP contribution in [0.4, 0.5) is 0 Å². The van der Waals surface area contributed by atoms with Gasteiger partial charge in [0.1, 0.15) is 11.9 Å². The second-order valence-corrected chi connectivity index (χ2v) is 2.94. The summed E-state index contributed by atoms with van der Waals surface area (Å²) < 4.78 is 4.90. The molecule has 0 aliphatic rings. The first-order valence-electron chi connectivity index (χ1n) is 4.16. The van der Waals surface area contributed by atoms with E-state index < -0.39 is 0 Å². The van der Waals surface area contributed by atoms with Gasteiger partial charge >= 0.3 is 5.97 Å². The van der Waals surface area contributed by atoms with Crippen LogP contribution in [0.5, 0.6) is 0 Å². The van der Waals surface area contributed by atoms with E-state index in [0.717, 1.165) is 0 Å². The van der Waals surface area contributed by atoms with E-state index in [0.29, 0.717) is 6.42 Å². The zero-order valence-electron chi connectivity index (χ0n) is 8.09. The number of ketones is 1. The summed E-state index contributed by atoms with van der Waals surface area (Å²) in [4.78, 5) is 21.6. The second kappa shape index (κ2) is 4.91. The Morgan fingerprint density at radius 2 is 1.83 bits per heavy atom. The maximum Gasteiger partial charge on any atom is 0.302 e. The molecule has 2 atom stereocenters. The second-order valence-electron chi connectivity index (χ2n) is 2.94. The first-order valence-corrected chi connectivity index (χ1v) is 4.16. The molecule has 0 saturated carbocycles. The molecule has 0 amide bonds. The maximum atomic E-state index is 11.0. The zero-order chi connectivity index (χ0) is 9.72. The van der Waals surface area contributed by atoms with Crippen LogP contribution in [0.2, 0.25) is 0 Å². The Morgan fingerprint density at radius 1 is 1.33 bits per heavy atom. The van der Waals surface area contributed by atoms with Gasteiger partial charge in [-0.15, -0.1) is 0 Å². The van der Waals surface area contributed by atoms with Gasteiger partial charge in [0.05, 0.1) is 5.92 Å². The molecule has 0 heterocycles. The van der Waals surface area contributed by atoms with Crippen LogP contribution in [0.15, 0.2) is 0 Å². The van der Waals surface area contributed by atoms with Gasteiger partial charge in [-0.1, -0.05) is 6.92 Å². The molecule has 0 rings (SSSR count). The fraction of sp³-hybridized carbons (Fsp3) is 0.778. The van der Waals surface area contributed by atoms with Gasteiger partial charge in [-0.05, 0) is 20.3 Å². The van der Waals surface area contributed by atoms with Gasteiger partial charge in [-0.2, -0.15) is 0 Å². The molecule has 3 heteroatoms.